The number of likely N-dealkylation sites (N-methyl/N-ethyl adjacent to an activating group) is 1. The summed E-state index contributed by atoms with van der Waals surface area (Å²) in [6, 6.07) is 22.3. The zero-order valence-corrected chi connectivity index (χ0v) is 19.1. The Labute approximate surface area is 188 Å². The van der Waals surface area contributed by atoms with Crippen LogP contribution in [0.4, 0.5) is 5.69 Å². The van der Waals surface area contributed by atoms with Crippen molar-refractivity contribution in [3.05, 3.63) is 84.4 Å². The van der Waals surface area contributed by atoms with E-state index in [1.54, 1.807) is 50.6 Å². The molecule has 0 aromatic heterocycles. The lowest BCUT2D eigenvalue weighted by Crippen LogP contribution is -2.41. The van der Waals surface area contributed by atoms with Crippen LogP contribution in [0, 0.1) is 0 Å². The first-order valence-corrected chi connectivity index (χ1v) is 11.4. The Kier molecular flexibility index (Phi) is 7.50. The minimum absolute atomic E-state index is 0.0669. The standard InChI is InChI=1S/C24H26N2O5S/c1-25(20-9-11-21(30-2)12-10-20)24(27)18-26(17-19-7-5-4-6-8-19)32(28,29)23-15-13-22(31-3)14-16-23/h4-16H,17-18H2,1-3H3. The van der Waals surface area contributed by atoms with Gasteiger partial charge in [-0.3, -0.25) is 4.79 Å². The molecule has 0 spiro atoms. The van der Waals surface area contributed by atoms with E-state index in [4.69, 9.17) is 9.47 Å². The summed E-state index contributed by atoms with van der Waals surface area (Å²) in [5.74, 6) is 0.861. The number of rotatable bonds is 9. The van der Waals surface area contributed by atoms with Crippen LogP contribution in [0.2, 0.25) is 0 Å². The van der Waals surface area contributed by atoms with Crippen LogP contribution in [0.5, 0.6) is 11.5 Å². The molecule has 8 heteroatoms. The number of amides is 1. The molecule has 0 aliphatic heterocycles. The first-order chi connectivity index (χ1) is 15.3. The first kappa shape index (κ1) is 23.3. The van der Waals surface area contributed by atoms with E-state index in [9.17, 15) is 13.2 Å². The van der Waals surface area contributed by atoms with Crippen molar-refractivity contribution in [1.29, 1.82) is 0 Å². The molecule has 32 heavy (non-hydrogen) atoms. The van der Waals surface area contributed by atoms with E-state index in [-0.39, 0.29) is 23.9 Å². The van der Waals surface area contributed by atoms with E-state index in [0.717, 1.165) is 5.56 Å². The van der Waals surface area contributed by atoms with Gasteiger partial charge in [0.2, 0.25) is 15.9 Å². The van der Waals surface area contributed by atoms with Crippen molar-refractivity contribution >= 4 is 21.6 Å². The summed E-state index contributed by atoms with van der Waals surface area (Å²) in [6.07, 6.45) is 0. The fourth-order valence-electron chi connectivity index (χ4n) is 3.12. The number of methoxy groups -OCH3 is 2. The molecule has 3 rings (SSSR count). The van der Waals surface area contributed by atoms with Gasteiger partial charge in [0.1, 0.15) is 11.5 Å². The van der Waals surface area contributed by atoms with E-state index >= 15 is 0 Å². The Hall–Kier alpha value is -3.36. The van der Waals surface area contributed by atoms with Crippen LogP contribution in [0.15, 0.2) is 83.8 Å². The van der Waals surface area contributed by atoms with Crippen molar-refractivity contribution < 1.29 is 22.7 Å². The molecule has 0 saturated carbocycles. The predicted octanol–water partition coefficient (Wildman–Crippen LogP) is 3.56. The molecule has 168 valence electrons. The number of hydrogen-bond acceptors (Lipinski definition) is 5. The number of nitrogens with zero attached hydrogens (tertiary/aromatic N) is 2. The second-order valence-corrected chi connectivity index (χ2v) is 9.02. The summed E-state index contributed by atoms with van der Waals surface area (Å²) in [5, 5.41) is 0. The molecule has 0 aliphatic rings. The van der Waals surface area contributed by atoms with Gasteiger partial charge in [-0.25, -0.2) is 8.42 Å². The van der Waals surface area contributed by atoms with Gasteiger partial charge in [0.15, 0.2) is 0 Å². The van der Waals surface area contributed by atoms with Crippen molar-refractivity contribution in [2.45, 2.75) is 11.4 Å². The molecule has 1 amide bonds. The van der Waals surface area contributed by atoms with Crippen LogP contribution < -0.4 is 14.4 Å². The minimum Gasteiger partial charge on any atom is -0.497 e. The zero-order valence-electron chi connectivity index (χ0n) is 18.3. The molecule has 0 heterocycles. The summed E-state index contributed by atoms with van der Waals surface area (Å²) in [5.41, 5.74) is 1.42. The molecule has 0 saturated heterocycles. The van der Waals surface area contributed by atoms with Crippen LogP contribution in [-0.2, 0) is 21.4 Å². The number of sulfonamides is 1. The van der Waals surface area contributed by atoms with Crippen LogP contribution in [-0.4, -0.2) is 46.4 Å². The highest BCUT2D eigenvalue weighted by Crippen LogP contribution is 2.23. The maximum Gasteiger partial charge on any atom is 0.243 e. The normalized spacial score (nSPS) is 11.2. The van der Waals surface area contributed by atoms with Crippen molar-refractivity contribution in [3.63, 3.8) is 0 Å². The van der Waals surface area contributed by atoms with Crippen LogP contribution in [0.3, 0.4) is 0 Å². The monoisotopic (exact) mass is 454 g/mol. The van der Waals surface area contributed by atoms with Gasteiger partial charge >= 0.3 is 0 Å². The van der Waals surface area contributed by atoms with E-state index in [2.05, 4.69) is 0 Å². The van der Waals surface area contributed by atoms with E-state index in [1.807, 2.05) is 30.3 Å². The number of benzene rings is 3. The second kappa shape index (κ2) is 10.3. The molecule has 0 bridgehead atoms. The third kappa shape index (κ3) is 5.46. The average Bonchev–Trinajstić information content (AvgIpc) is 2.83. The topological polar surface area (TPSA) is 76.2 Å². The highest BCUT2D eigenvalue weighted by molar-refractivity contribution is 7.89. The minimum atomic E-state index is -3.94. The lowest BCUT2D eigenvalue weighted by Gasteiger charge is -2.25. The number of ether oxygens (including phenoxy) is 2. The maximum absolute atomic E-state index is 13.4. The van der Waals surface area contributed by atoms with Gasteiger partial charge in [-0.1, -0.05) is 30.3 Å². The Bertz CT molecular complexity index is 1130. The molecule has 0 N–H and O–H groups in total. The van der Waals surface area contributed by atoms with E-state index in [0.29, 0.717) is 17.2 Å². The maximum atomic E-state index is 13.4. The highest BCUT2D eigenvalue weighted by Gasteiger charge is 2.28. The van der Waals surface area contributed by atoms with E-state index in [1.165, 1.54) is 28.4 Å². The molecule has 0 aliphatic carbocycles. The van der Waals surface area contributed by atoms with Crippen LogP contribution >= 0.6 is 0 Å². The van der Waals surface area contributed by atoms with E-state index < -0.39 is 10.0 Å². The summed E-state index contributed by atoms with van der Waals surface area (Å²) < 4.78 is 38.3. The van der Waals surface area contributed by atoms with Gasteiger partial charge in [0.25, 0.3) is 0 Å². The number of anilines is 1. The molecule has 3 aromatic carbocycles. The Balaban J connectivity index is 1.88. The molecule has 3 aromatic rings. The molecular formula is C24H26N2O5S. The van der Waals surface area contributed by atoms with Crippen molar-refractivity contribution in [2.24, 2.45) is 0 Å². The van der Waals surface area contributed by atoms with Gasteiger partial charge in [0.05, 0.1) is 25.7 Å². The summed E-state index contributed by atoms with van der Waals surface area (Å²) >= 11 is 0. The first-order valence-electron chi connectivity index (χ1n) is 9.94. The van der Waals surface area contributed by atoms with Crippen molar-refractivity contribution in [1.82, 2.24) is 4.31 Å². The van der Waals surface area contributed by atoms with Gasteiger partial charge in [-0.15, -0.1) is 0 Å². The smallest absolute Gasteiger partial charge is 0.243 e. The van der Waals surface area contributed by atoms with Gasteiger partial charge in [-0.05, 0) is 54.1 Å². The third-order valence-electron chi connectivity index (χ3n) is 5.04. The summed E-state index contributed by atoms with van der Waals surface area (Å²) in [6.45, 7) is -0.247. The summed E-state index contributed by atoms with van der Waals surface area (Å²) in [4.78, 5) is 14.6. The molecular weight excluding hydrogens is 428 g/mol. The lowest BCUT2D eigenvalue weighted by atomic mass is 10.2. The Morgan fingerprint density at radius 2 is 1.34 bits per heavy atom. The average molecular weight is 455 g/mol. The number of hydrogen-bond donors (Lipinski definition) is 0. The molecule has 0 fully saturated rings. The third-order valence-corrected chi connectivity index (χ3v) is 6.85. The van der Waals surface area contributed by atoms with Crippen molar-refractivity contribution in [3.8, 4) is 11.5 Å². The Morgan fingerprint density at radius 1 is 0.812 bits per heavy atom. The Morgan fingerprint density at radius 3 is 1.88 bits per heavy atom. The van der Waals surface area contributed by atoms with Gasteiger partial charge in [0, 0.05) is 19.3 Å². The second-order valence-electron chi connectivity index (χ2n) is 7.09. The number of carbonyl (C=O) groups is 1. The summed E-state index contributed by atoms with van der Waals surface area (Å²) in [7, 11) is 0.758. The largest absolute Gasteiger partial charge is 0.497 e. The molecule has 0 unspecified atom stereocenters. The zero-order chi connectivity index (χ0) is 23.1. The van der Waals surface area contributed by atoms with Crippen molar-refractivity contribution in [2.75, 3.05) is 32.7 Å². The molecule has 0 atom stereocenters. The number of carbonyl (C=O) groups excluding carboxylic acids is 1. The van der Waals surface area contributed by atoms with Gasteiger partial charge in [-0.2, -0.15) is 4.31 Å². The quantitative estimate of drug-likeness (QED) is 0.494. The fourth-order valence-corrected chi connectivity index (χ4v) is 4.49. The van der Waals surface area contributed by atoms with Crippen LogP contribution in [0.1, 0.15) is 5.56 Å². The molecule has 7 nitrogen and oxygen atoms in total. The molecule has 0 radical (unpaired) electrons. The van der Waals surface area contributed by atoms with Crippen LogP contribution in [0.25, 0.3) is 0 Å². The predicted molar refractivity (Wildman–Crippen MR) is 123 cm³/mol. The highest BCUT2D eigenvalue weighted by atomic mass is 32.2. The lowest BCUT2D eigenvalue weighted by molar-refractivity contribution is -0.118. The SMILES string of the molecule is COc1ccc(N(C)C(=O)CN(Cc2ccccc2)S(=O)(=O)c2ccc(OC)cc2)cc1. The fraction of sp³-hybridized carbons (Fsp3) is 0.208. The van der Waals surface area contributed by atoms with Gasteiger partial charge < -0.3 is 14.4 Å².